The van der Waals surface area contributed by atoms with Crippen LogP contribution in [0.25, 0.3) is 0 Å². The Hall–Kier alpha value is -3.09. The molecule has 1 aromatic carbocycles. The SMILES string of the molecule is COc1ccc(NC(=O)CN(C)C(=O)c2[nH]c3c(c2C)C(=O)CC(C)(C)C3)cc1. The van der Waals surface area contributed by atoms with E-state index in [9.17, 15) is 14.4 Å². The molecule has 0 radical (unpaired) electrons. The first kappa shape index (κ1) is 20.6. The van der Waals surface area contributed by atoms with Gasteiger partial charge in [0, 0.05) is 30.4 Å². The summed E-state index contributed by atoms with van der Waals surface area (Å²) >= 11 is 0. The number of carbonyl (C=O) groups is 3. The van der Waals surface area contributed by atoms with E-state index in [-0.39, 0.29) is 29.6 Å². The number of hydrogen-bond acceptors (Lipinski definition) is 4. The van der Waals surface area contributed by atoms with Crippen LogP contribution in [0.3, 0.4) is 0 Å². The number of aromatic amines is 1. The van der Waals surface area contributed by atoms with E-state index < -0.39 is 0 Å². The number of anilines is 1. The third-order valence-electron chi connectivity index (χ3n) is 5.22. The first-order valence-corrected chi connectivity index (χ1v) is 9.55. The van der Waals surface area contributed by atoms with E-state index in [2.05, 4.69) is 10.3 Å². The number of ether oxygens (including phenoxy) is 1. The summed E-state index contributed by atoms with van der Waals surface area (Å²) in [6.07, 6.45) is 1.18. The zero-order valence-electron chi connectivity index (χ0n) is 17.5. The van der Waals surface area contributed by atoms with Crippen LogP contribution in [-0.2, 0) is 11.2 Å². The summed E-state index contributed by atoms with van der Waals surface area (Å²) < 4.78 is 5.09. The molecule has 0 fully saturated rings. The number of rotatable bonds is 5. The predicted octanol–water partition coefficient (Wildman–Crippen LogP) is 3.20. The number of likely N-dealkylation sites (N-methyl/N-ethyl adjacent to an activating group) is 1. The minimum absolute atomic E-state index is 0.0592. The van der Waals surface area contributed by atoms with E-state index in [0.717, 1.165) is 5.69 Å². The third-order valence-corrected chi connectivity index (χ3v) is 5.22. The Morgan fingerprint density at radius 1 is 1.21 bits per heavy atom. The second kappa shape index (κ2) is 7.73. The third kappa shape index (κ3) is 4.34. The van der Waals surface area contributed by atoms with Gasteiger partial charge >= 0.3 is 0 Å². The van der Waals surface area contributed by atoms with E-state index in [1.54, 1.807) is 45.3 Å². The Balaban J connectivity index is 1.70. The molecule has 1 aromatic heterocycles. The molecule has 7 nitrogen and oxygen atoms in total. The minimum atomic E-state index is -0.313. The lowest BCUT2D eigenvalue weighted by atomic mass is 9.75. The van der Waals surface area contributed by atoms with Crippen molar-refractivity contribution in [3.63, 3.8) is 0 Å². The maximum absolute atomic E-state index is 12.9. The second-order valence-corrected chi connectivity index (χ2v) is 8.36. The largest absolute Gasteiger partial charge is 0.497 e. The van der Waals surface area contributed by atoms with Gasteiger partial charge in [0.25, 0.3) is 5.91 Å². The highest BCUT2D eigenvalue weighted by Gasteiger charge is 2.35. The summed E-state index contributed by atoms with van der Waals surface area (Å²) in [6, 6.07) is 6.95. The Morgan fingerprint density at radius 2 is 1.86 bits per heavy atom. The molecule has 0 spiro atoms. The molecule has 0 unspecified atom stereocenters. The number of H-pyrrole nitrogens is 1. The lowest BCUT2D eigenvalue weighted by molar-refractivity contribution is -0.116. The Bertz CT molecular complexity index is 957. The molecule has 0 aliphatic heterocycles. The van der Waals surface area contributed by atoms with Crippen LogP contribution in [0.2, 0.25) is 0 Å². The zero-order chi connectivity index (χ0) is 21.3. The molecule has 1 aliphatic rings. The van der Waals surface area contributed by atoms with Crippen molar-refractivity contribution in [1.29, 1.82) is 0 Å². The number of nitrogens with zero attached hydrogens (tertiary/aromatic N) is 1. The number of benzene rings is 1. The normalized spacial score (nSPS) is 14.9. The van der Waals surface area contributed by atoms with Crippen LogP contribution < -0.4 is 10.1 Å². The Labute approximate surface area is 170 Å². The maximum Gasteiger partial charge on any atom is 0.270 e. The van der Waals surface area contributed by atoms with Crippen LogP contribution >= 0.6 is 0 Å². The van der Waals surface area contributed by atoms with Crippen molar-refractivity contribution in [1.82, 2.24) is 9.88 Å². The van der Waals surface area contributed by atoms with E-state index in [1.807, 2.05) is 13.8 Å². The minimum Gasteiger partial charge on any atom is -0.497 e. The molecule has 29 heavy (non-hydrogen) atoms. The highest BCUT2D eigenvalue weighted by Crippen LogP contribution is 2.36. The van der Waals surface area contributed by atoms with Gasteiger partial charge in [0.2, 0.25) is 5.91 Å². The van der Waals surface area contributed by atoms with Gasteiger partial charge in [-0.1, -0.05) is 13.8 Å². The summed E-state index contributed by atoms with van der Waals surface area (Å²) in [7, 11) is 3.14. The molecule has 3 rings (SSSR count). The van der Waals surface area contributed by atoms with Gasteiger partial charge in [0.05, 0.1) is 13.7 Å². The van der Waals surface area contributed by atoms with Crippen molar-refractivity contribution < 1.29 is 19.1 Å². The highest BCUT2D eigenvalue weighted by molar-refractivity contribution is 6.05. The first-order chi connectivity index (χ1) is 13.6. The first-order valence-electron chi connectivity index (χ1n) is 9.55. The van der Waals surface area contributed by atoms with Crippen LogP contribution in [0, 0.1) is 12.3 Å². The van der Waals surface area contributed by atoms with Crippen molar-refractivity contribution in [3.05, 3.63) is 46.8 Å². The average Bonchev–Trinajstić information content (AvgIpc) is 2.96. The fourth-order valence-electron chi connectivity index (χ4n) is 3.80. The quantitative estimate of drug-likeness (QED) is 0.811. The van der Waals surface area contributed by atoms with Gasteiger partial charge in [0.15, 0.2) is 5.78 Å². The number of hydrogen-bond donors (Lipinski definition) is 2. The second-order valence-electron chi connectivity index (χ2n) is 8.36. The standard InChI is InChI=1S/C22H27N3O4/c1-13-19-16(10-22(2,3)11-17(19)26)24-20(13)21(28)25(4)12-18(27)23-14-6-8-15(29-5)9-7-14/h6-9,24H,10-12H2,1-5H3,(H,23,27). The molecule has 0 atom stereocenters. The fourth-order valence-corrected chi connectivity index (χ4v) is 3.80. The van der Waals surface area contributed by atoms with Crippen molar-refractivity contribution in [2.45, 2.75) is 33.6 Å². The van der Waals surface area contributed by atoms with E-state index in [0.29, 0.717) is 41.1 Å². The Morgan fingerprint density at radius 3 is 2.48 bits per heavy atom. The molecule has 7 heteroatoms. The van der Waals surface area contributed by atoms with Gasteiger partial charge in [-0.15, -0.1) is 0 Å². The van der Waals surface area contributed by atoms with Crippen LogP contribution in [0.4, 0.5) is 5.69 Å². The maximum atomic E-state index is 12.9. The number of nitrogens with one attached hydrogen (secondary N) is 2. The lowest BCUT2D eigenvalue weighted by Crippen LogP contribution is -2.35. The fraction of sp³-hybridized carbons (Fsp3) is 0.409. The van der Waals surface area contributed by atoms with Gasteiger partial charge < -0.3 is 19.9 Å². The van der Waals surface area contributed by atoms with Crippen molar-refractivity contribution in [3.8, 4) is 5.75 Å². The molecular formula is C22H27N3O4. The molecule has 2 amide bonds. The smallest absolute Gasteiger partial charge is 0.270 e. The van der Waals surface area contributed by atoms with E-state index >= 15 is 0 Å². The number of ketones is 1. The molecular weight excluding hydrogens is 370 g/mol. The molecule has 2 aromatic rings. The summed E-state index contributed by atoms with van der Waals surface area (Å²) in [5.41, 5.74) is 2.96. The zero-order valence-corrected chi connectivity index (χ0v) is 17.5. The average molecular weight is 397 g/mol. The molecule has 0 bridgehead atoms. The predicted molar refractivity (Wildman–Crippen MR) is 111 cm³/mol. The summed E-state index contributed by atoms with van der Waals surface area (Å²) in [5, 5.41) is 2.76. The Kier molecular flexibility index (Phi) is 5.50. The van der Waals surface area contributed by atoms with Crippen LogP contribution in [0.15, 0.2) is 24.3 Å². The van der Waals surface area contributed by atoms with Crippen molar-refractivity contribution in [2.75, 3.05) is 26.0 Å². The molecule has 0 saturated heterocycles. The summed E-state index contributed by atoms with van der Waals surface area (Å²) in [6.45, 7) is 5.76. The number of amides is 2. The monoisotopic (exact) mass is 397 g/mol. The van der Waals surface area contributed by atoms with E-state index in [4.69, 9.17) is 4.74 Å². The number of carbonyl (C=O) groups excluding carboxylic acids is 3. The summed E-state index contributed by atoms with van der Waals surface area (Å²) in [5.74, 6) is 0.132. The van der Waals surface area contributed by atoms with E-state index in [1.165, 1.54) is 4.90 Å². The topological polar surface area (TPSA) is 91.5 Å². The van der Waals surface area contributed by atoms with Gasteiger partial charge in [-0.25, -0.2) is 0 Å². The lowest BCUT2D eigenvalue weighted by Gasteiger charge is -2.28. The summed E-state index contributed by atoms with van der Waals surface area (Å²) in [4.78, 5) is 42.3. The van der Waals surface area contributed by atoms with Crippen LogP contribution in [-0.4, -0.2) is 48.2 Å². The van der Waals surface area contributed by atoms with Crippen molar-refractivity contribution in [2.24, 2.45) is 5.41 Å². The molecule has 1 heterocycles. The molecule has 1 aliphatic carbocycles. The number of aromatic nitrogens is 1. The van der Waals surface area contributed by atoms with Gasteiger partial charge in [-0.3, -0.25) is 14.4 Å². The molecule has 2 N–H and O–H groups in total. The van der Waals surface area contributed by atoms with Crippen LogP contribution in [0.1, 0.15) is 52.4 Å². The molecule has 154 valence electrons. The van der Waals surface area contributed by atoms with Crippen molar-refractivity contribution >= 4 is 23.3 Å². The number of methoxy groups -OCH3 is 1. The number of Topliss-reactive ketones (excluding diaryl/α,β-unsaturated/α-hetero) is 1. The number of fused-ring (bicyclic) bond motifs is 1. The molecule has 0 saturated carbocycles. The van der Waals surface area contributed by atoms with Gasteiger partial charge in [-0.2, -0.15) is 0 Å². The van der Waals surface area contributed by atoms with Gasteiger partial charge in [-0.05, 0) is 48.6 Å². The van der Waals surface area contributed by atoms with Gasteiger partial charge in [0.1, 0.15) is 11.4 Å². The van der Waals surface area contributed by atoms with Crippen LogP contribution in [0.5, 0.6) is 5.75 Å². The highest BCUT2D eigenvalue weighted by atomic mass is 16.5.